The van der Waals surface area contributed by atoms with Crippen LogP contribution in [0.3, 0.4) is 0 Å². The van der Waals surface area contributed by atoms with Crippen LogP contribution in [0.15, 0.2) is 0 Å². The zero-order valence-corrected chi connectivity index (χ0v) is 7.89. The highest BCUT2D eigenvalue weighted by Gasteiger charge is 2.69. The number of hydrogen-bond acceptors (Lipinski definition) is 2. The van der Waals surface area contributed by atoms with E-state index in [-0.39, 0.29) is 12.5 Å². The van der Waals surface area contributed by atoms with Crippen LogP contribution in [0.4, 0.5) is 8.78 Å². The smallest absolute Gasteiger partial charge is 0.267 e. The van der Waals surface area contributed by atoms with Crippen molar-refractivity contribution in [3.05, 3.63) is 0 Å². The summed E-state index contributed by atoms with van der Waals surface area (Å²) in [5.41, 5.74) is 4.41. The highest BCUT2D eigenvalue weighted by Crippen LogP contribution is 2.54. The lowest BCUT2D eigenvalue weighted by molar-refractivity contribution is 0.0801. The molecule has 13 heavy (non-hydrogen) atoms. The maximum Gasteiger partial charge on any atom is 0.267 e. The maximum atomic E-state index is 12.8. The minimum absolute atomic E-state index is 0.121. The summed E-state index contributed by atoms with van der Waals surface area (Å²) in [7, 11) is 1.99. The Morgan fingerprint density at radius 1 is 1.54 bits per heavy atom. The molecule has 76 valence electrons. The molecule has 0 bridgehead atoms. The number of hydrogen-bond donors (Lipinski definition) is 1. The van der Waals surface area contributed by atoms with E-state index in [0.29, 0.717) is 6.42 Å². The Labute approximate surface area is 77.1 Å². The van der Waals surface area contributed by atoms with Gasteiger partial charge in [-0.1, -0.05) is 0 Å². The van der Waals surface area contributed by atoms with Crippen LogP contribution in [0.5, 0.6) is 0 Å². The van der Waals surface area contributed by atoms with Gasteiger partial charge in [-0.2, -0.15) is 0 Å². The van der Waals surface area contributed by atoms with E-state index in [9.17, 15) is 8.78 Å². The van der Waals surface area contributed by atoms with Crippen LogP contribution in [0, 0.1) is 0 Å². The minimum atomic E-state index is -2.60. The molecule has 2 nitrogen and oxygen atoms in total. The minimum Gasteiger partial charge on any atom is -0.320 e. The van der Waals surface area contributed by atoms with Crippen LogP contribution in [-0.4, -0.2) is 36.0 Å². The first-order valence-electron chi connectivity index (χ1n) is 4.82. The van der Waals surface area contributed by atoms with E-state index in [0.717, 1.165) is 19.4 Å². The second-order valence-electron chi connectivity index (χ2n) is 4.52. The molecule has 2 aliphatic rings. The third-order valence-electron chi connectivity index (χ3n) is 3.41. The highest BCUT2D eigenvalue weighted by atomic mass is 19.3. The largest absolute Gasteiger partial charge is 0.320 e. The predicted molar refractivity (Wildman–Crippen MR) is 46.8 cm³/mol. The SMILES string of the molecule is CN1CCCC1CC1(N)CC1(F)F. The summed E-state index contributed by atoms with van der Waals surface area (Å²) in [6.45, 7) is 1.02. The molecule has 4 heteroatoms. The molecule has 1 aliphatic carbocycles. The molecule has 1 heterocycles. The van der Waals surface area contributed by atoms with Crippen LogP contribution in [0.1, 0.15) is 25.7 Å². The van der Waals surface area contributed by atoms with Gasteiger partial charge in [-0.25, -0.2) is 8.78 Å². The summed E-state index contributed by atoms with van der Waals surface area (Å²) >= 11 is 0. The van der Waals surface area contributed by atoms with Crippen LogP contribution < -0.4 is 5.73 Å². The molecule has 2 unspecified atom stereocenters. The van der Waals surface area contributed by atoms with Gasteiger partial charge in [0.25, 0.3) is 5.92 Å². The van der Waals surface area contributed by atoms with Crippen molar-refractivity contribution in [1.82, 2.24) is 4.90 Å². The van der Waals surface area contributed by atoms with Crippen molar-refractivity contribution in [1.29, 1.82) is 0 Å². The van der Waals surface area contributed by atoms with Crippen LogP contribution in [-0.2, 0) is 0 Å². The summed E-state index contributed by atoms with van der Waals surface area (Å²) in [5, 5.41) is 0. The van der Waals surface area contributed by atoms with Gasteiger partial charge in [0.1, 0.15) is 0 Å². The average Bonchev–Trinajstić information content (AvgIpc) is 2.37. The average molecular weight is 190 g/mol. The summed E-state index contributed by atoms with van der Waals surface area (Å²) in [4.78, 5) is 2.14. The number of nitrogens with zero attached hydrogens (tertiary/aromatic N) is 1. The highest BCUT2D eigenvalue weighted by molar-refractivity contribution is 5.17. The van der Waals surface area contributed by atoms with Crippen LogP contribution in [0.2, 0.25) is 0 Å². The van der Waals surface area contributed by atoms with E-state index in [1.54, 1.807) is 0 Å². The Hall–Kier alpha value is -0.220. The van der Waals surface area contributed by atoms with Crippen molar-refractivity contribution in [2.45, 2.75) is 43.2 Å². The normalized spacial score (nSPS) is 43.8. The van der Waals surface area contributed by atoms with Gasteiger partial charge in [-0.05, 0) is 32.9 Å². The molecule has 0 aromatic heterocycles. The second kappa shape index (κ2) is 2.64. The maximum absolute atomic E-state index is 12.8. The second-order valence-corrected chi connectivity index (χ2v) is 4.52. The number of nitrogens with two attached hydrogens (primary N) is 1. The van der Waals surface area contributed by atoms with E-state index in [1.165, 1.54) is 0 Å². The fourth-order valence-corrected chi connectivity index (χ4v) is 2.23. The first-order chi connectivity index (χ1) is 5.95. The van der Waals surface area contributed by atoms with Gasteiger partial charge >= 0.3 is 0 Å². The van der Waals surface area contributed by atoms with Gasteiger partial charge in [0.05, 0.1) is 5.54 Å². The first kappa shape index (κ1) is 9.34. The molecule has 2 atom stereocenters. The van der Waals surface area contributed by atoms with Crippen molar-refractivity contribution in [2.75, 3.05) is 13.6 Å². The van der Waals surface area contributed by atoms with E-state index >= 15 is 0 Å². The lowest BCUT2D eigenvalue weighted by atomic mass is 10.0. The van der Waals surface area contributed by atoms with Crippen LogP contribution >= 0.6 is 0 Å². The fraction of sp³-hybridized carbons (Fsp3) is 1.00. The summed E-state index contributed by atoms with van der Waals surface area (Å²) < 4.78 is 25.6. The van der Waals surface area contributed by atoms with Gasteiger partial charge in [-0.15, -0.1) is 0 Å². The Bertz CT molecular complexity index is 220. The topological polar surface area (TPSA) is 29.3 Å². The molecular formula is C9H16F2N2. The molecule has 1 aliphatic heterocycles. The molecule has 0 amide bonds. The lowest BCUT2D eigenvalue weighted by Crippen LogP contribution is -2.38. The summed E-state index contributed by atoms with van der Waals surface area (Å²) in [6, 6.07) is 0.276. The van der Waals surface area contributed by atoms with E-state index < -0.39 is 11.5 Å². The summed E-state index contributed by atoms with van der Waals surface area (Å²) in [5.74, 6) is -2.60. The molecule has 0 aromatic rings. The van der Waals surface area contributed by atoms with Gasteiger partial charge < -0.3 is 10.6 Å². The zero-order valence-electron chi connectivity index (χ0n) is 7.89. The Kier molecular flexibility index (Phi) is 1.90. The van der Waals surface area contributed by atoms with Crippen molar-refractivity contribution < 1.29 is 8.78 Å². The molecule has 0 radical (unpaired) electrons. The third-order valence-corrected chi connectivity index (χ3v) is 3.41. The summed E-state index contributed by atoms with van der Waals surface area (Å²) in [6.07, 6.45) is 2.47. The molecule has 0 aromatic carbocycles. The molecule has 0 spiro atoms. The molecule has 2 rings (SSSR count). The molecule has 1 saturated carbocycles. The number of halogens is 2. The van der Waals surface area contributed by atoms with Crippen molar-refractivity contribution >= 4 is 0 Å². The van der Waals surface area contributed by atoms with E-state index in [4.69, 9.17) is 5.73 Å². The van der Waals surface area contributed by atoms with Gasteiger partial charge in [0.15, 0.2) is 0 Å². The van der Waals surface area contributed by atoms with Gasteiger partial charge in [-0.3, -0.25) is 0 Å². The zero-order chi connectivity index (χ0) is 9.69. The quantitative estimate of drug-likeness (QED) is 0.709. The monoisotopic (exact) mass is 190 g/mol. The first-order valence-corrected chi connectivity index (χ1v) is 4.82. The Balaban J connectivity index is 1.92. The number of alkyl halides is 2. The molecule has 1 saturated heterocycles. The molecule has 2 N–H and O–H groups in total. The Morgan fingerprint density at radius 3 is 2.54 bits per heavy atom. The number of likely N-dealkylation sites (tertiary alicyclic amines) is 1. The van der Waals surface area contributed by atoms with Gasteiger partial charge in [0.2, 0.25) is 0 Å². The number of rotatable bonds is 2. The van der Waals surface area contributed by atoms with Crippen molar-refractivity contribution in [3.8, 4) is 0 Å². The molecule has 2 fully saturated rings. The molecular weight excluding hydrogens is 174 g/mol. The van der Waals surface area contributed by atoms with Crippen LogP contribution in [0.25, 0.3) is 0 Å². The predicted octanol–water partition coefficient (Wildman–Crippen LogP) is 1.21. The standard InChI is InChI=1S/C9H16F2N2/c1-13-4-2-3-7(13)5-8(12)6-9(8,10)11/h7H,2-6,12H2,1H3. The fourth-order valence-electron chi connectivity index (χ4n) is 2.23. The van der Waals surface area contributed by atoms with Crippen molar-refractivity contribution in [2.24, 2.45) is 5.73 Å². The van der Waals surface area contributed by atoms with E-state index in [1.807, 2.05) is 7.05 Å². The van der Waals surface area contributed by atoms with Gasteiger partial charge in [0, 0.05) is 12.5 Å². The van der Waals surface area contributed by atoms with Crippen molar-refractivity contribution in [3.63, 3.8) is 0 Å². The Morgan fingerprint density at radius 2 is 2.15 bits per heavy atom. The lowest BCUT2D eigenvalue weighted by Gasteiger charge is -2.22. The third kappa shape index (κ3) is 1.46. The van der Waals surface area contributed by atoms with E-state index in [2.05, 4.69) is 4.90 Å².